The maximum atomic E-state index is 13.3. The first-order valence-electron chi connectivity index (χ1n) is 5.63. The number of nitrogens with one attached hydrogen (secondary N) is 2. The zero-order valence-corrected chi connectivity index (χ0v) is 10.6. The maximum absolute atomic E-state index is 13.3. The van der Waals surface area contributed by atoms with E-state index in [4.69, 9.17) is 0 Å². The maximum Gasteiger partial charge on any atom is 0.251 e. The van der Waals surface area contributed by atoms with Crippen molar-refractivity contribution in [1.82, 2.24) is 10.6 Å². The highest BCUT2D eigenvalue weighted by Crippen LogP contribution is 2.41. The fourth-order valence-electron chi connectivity index (χ4n) is 2.50. The third kappa shape index (κ3) is 1.98. The largest absolute Gasteiger partial charge is 0.349 e. The van der Waals surface area contributed by atoms with Gasteiger partial charge in [0.05, 0.1) is 4.47 Å². The SMILES string of the molecule is O=C(NC1C2CNCC21)c1ccc(Br)c(F)c1. The Balaban J connectivity index is 1.68. The van der Waals surface area contributed by atoms with Crippen LogP contribution in [0.15, 0.2) is 22.7 Å². The quantitative estimate of drug-likeness (QED) is 0.869. The molecule has 1 aromatic rings. The number of rotatable bonds is 2. The monoisotopic (exact) mass is 298 g/mol. The Hall–Kier alpha value is -0.940. The Morgan fingerprint density at radius 1 is 1.41 bits per heavy atom. The number of halogens is 2. The van der Waals surface area contributed by atoms with Crippen LogP contribution in [0.1, 0.15) is 10.4 Å². The second kappa shape index (κ2) is 4.07. The summed E-state index contributed by atoms with van der Waals surface area (Å²) in [5.41, 5.74) is 0.378. The molecule has 2 atom stereocenters. The summed E-state index contributed by atoms with van der Waals surface area (Å²) in [5.74, 6) is 0.546. The molecular formula is C12H12BrFN2O. The summed E-state index contributed by atoms with van der Waals surface area (Å²) in [6, 6.07) is 4.71. The number of amides is 1. The smallest absolute Gasteiger partial charge is 0.251 e. The van der Waals surface area contributed by atoms with E-state index in [0.717, 1.165) is 13.1 Å². The first-order valence-corrected chi connectivity index (χ1v) is 6.43. The lowest BCUT2D eigenvalue weighted by atomic mass is 10.2. The van der Waals surface area contributed by atoms with Crippen molar-refractivity contribution >= 4 is 21.8 Å². The molecule has 2 fully saturated rings. The molecule has 90 valence electrons. The summed E-state index contributed by atoms with van der Waals surface area (Å²) in [6.45, 7) is 1.95. The van der Waals surface area contributed by atoms with Gasteiger partial charge in [-0.1, -0.05) is 0 Å². The fraction of sp³-hybridized carbons (Fsp3) is 0.417. The molecule has 1 saturated carbocycles. The standard InChI is InChI=1S/C12H12BrFN2O/c13-9-2-1-6(3-10(9)14)12(17)16-11-7-4-15-5-8(7)11/h1-3,7-8,11,15H,4-5H2,(H,16,17). The highest BCUT2D eigenvalue weighted by molar-refractivity contribution is 9.10. The number of hydrogen-bond acceptors (Lipinski definition) is 2. The summed E-state index contributed by atoms with van der Waals surface area (Å²) >= 11 is 3.07. The molecule has 1 amide bonds. The van der Waals surface area contributed by atoms with Crippen LogP contribution in [0.3, 0.4) is 0 Å². The van der Waals surface area contributed by atoms with Crippen molar-refractivity contribution in [2.24, 2.45) is 11.8 Å². The van der Waals surface area contributed by atoms with Gasteiger partial charge in [-0.3, -0.25) is 4.79 Å². The highest BCUT2D eigenvalue weighted by Gasteiger charge is 2.53. The molecule has 17 heavy (non-hydrogen) atoms. The van der Waals surface area contributed by atoms with Gasteiger partial charge in [0.2, 0.25) is 0 Å². The van der Waals surface area contributed by atoms with E-state index in [1.807, 2.05) is 0 Å². The first kappa shape index (κ1) is 11.2. The molecule has 3 nitrogen and oxygen atoms in total. The topological polar surface area (TPSA) is 41.1 Å². The first-order chi connectivity index (χ1) is 8.16. The molecule has 1 aliphatic heterocycles. The minimum absolute atomic E-state index is 0.184. The molecule has 1 saturated heterocycles. The van der Waals surface area contributed by atoms with Crippen LogP contribution in [-0.4, -0.2) is 25.0 Å². The third-order valence-corrected chi connectivity index (χ3v) is 4.21. The Morgan fingerprint density at radius 3 is 2.76 bits per heavy atom. The van der Waals surface area contributed by atoms with Gasteiger partial charge in [0.15, 0.2) is 0 Å². The van der Waals surface area contributed by atoms with Gasteiger partial charge in [-0.05, 0) is 46.0 Å². The molecular weight excluding hydrogens is 287 g/mol. The van der Waals surface area contributed by atoms with Crippen molar-refractivity contribution in [3.63, 3.8) is 0 Å². The van der Waals surface area contributed by atoms with E-state index in [1.165, 1.54) is 6.07 Å². The lowest BCUT2D eigenvalue weighted by molar-refractivity contribution is 0.0946. The van der Waals surface area contributed by atoms with Crippen LogP contribution in [-0.2, 0) is 0 Å². The van der Waals surface area contributed by atoms with Crippen LogP contribution >= 0.6 is 15.9 Å². The van der Waals surface area contributed by atoms with E-state index in [0.29, 0.717) is 21.9 Å². The second-order valence-corrected chi connectivity index (χ2v) is 5.47. The lowest BCUT2D eigenvalue weighted by Gasteiger charge is -2.08. The number of piperidine rings is 1. The summed E-state index contributed by atoms with van der Waals surface area (Å²) < 4.78 is 13.7. The molecule has 5 heteroatoms. The van der Waals surface area contributed by atoms with Crippen LogP contribution in [0.2, 0.25) is 0 Å². The number of hydrogen-bond donors (Lipinski definition) is 2. The average molecular weight is 299 g/mol. The van der Waals surface area contributed by atoms with Crippen molar-refractivity contribution in [3.8, 4) is 0 Å². The number of fused-ring (bicyclic) bond motifs is 1. The van der Waals surface area contributed by atoms with Crippen LogP contribution < -0.4 is 10.6 Å². The van der Waals surface area contributed by atoms with Gasteiger partial charge in [0.25, 0.3) is 5.91 Å². The fourth-order valence-corrected chi connectivity index (χ4v) is 2.75. The van der Waals surface area contributed by atoms with E-state index < -0.39 is 5.82 Å². The van der Waals surface area contributed by atoms with Crippen molar-refractivity contribution in [1.29, 1.82) is 0 Å². The molecule has 0 spiro atoms. The molecule has 3 rings (SSSR count). The summed E-state index contributed by atoms with van der Waals surface area (Å²) in [5, 5.41) is 6.22. The van der Waals surface area contributed by atoms with Crippen LogP contribution in [0.25, 0.3) is 0 Å². The number of carbonyl (C=O) groups excluding carboxylic acids is 1. The number of carbonyl (C=O) groups is 1. The summed E-state index contributed by atoms with van der Waals surface area (Å²) in [4.78, 5) is 11.9. The van der Waals surface area contributed by atoms with Gasteiger partial charge >= 0.3 is 0 Å². The molecule has 2 unspecified atom stereocenters. The minimum atomic E-state index is -0.407. The number of benzene rings is 1. The van der Waals surface area contributed by atoms with Gasteiger partial charge in [-0.2, -0.15) is 0 Å². The molecule has 1 aromatic carbocycles. The van der Waals surface area contributed by atoms with Gasteiger partial charge in [0.1, 0.15) is 5.82 Å². The predicted molar refractivity (Wildman–Crippen MR) is 65.2 cm³/mol. The van der Waals surface area contributed by atoms with E-state index >= 15 is 0 Å². The second-order valence-electron chi connectivity index (χ2n) is 4.61. The average Bonchev–Trinajstić information content (AvgIpc) is 2.76. The van der Waals surface area contributed by atoms with Crippen LogP contribution in [0.5, 0.6) is 0 Å². The predicted octanol–water partition coefficient (Wildman–Crippen LogP) is 1.54. The van der Waals surface area contributed by atoms with Gasteiger partial charge in [-0.25, -0.2) is 4.39 Å². The van der Waals surface area contributed by atoms with E-state index in [1.54, 1.807) is 12.1 Å². The molecule has 2 aliphatic rings. The Kier molecular flexibility index (Phi) is 2.67. The summed E-state index contributed by atoms with van der Waals surface area (Å²) in [6.07, 6.45) is 0. The summed E-state index contributed by atoms with van der Waals surface area (Å²) in [7, 11) is 0. The van der Waals surface area contributed by atoms with E-state index in [9.17, 15) is 9.18 Å². The lowest BCUT2D eigenvalue weighted by Crippen LogP contribution is -2.32. The van der Waals surface area contributed by atoms with Gasteiger partial charge < -0.3 is 10.6 Å². The zero-order chi connectivity index (χ0) is 12.0. The Bertz CT molecular complexity index is 470. The van der Waals surface area contributed by atoms with Crippen molar-refractivity contribution in [2.45, 2.75) is 6.04 Å². The molecule has 1 heterocycles. The highest BCUT2D eigenvalue weighted by atomic mass is 79.9. The van der Waals surface area contributed by atoms with Crippen LogP contribution in [0, 0.1) is 17.7 Å². The Labute approximate surface area is 107 Å². The van der Waals surface area contributed by atoms with Gasteiger partial charge in [0, 0.05) is 24.7 Å². The normalized spacial score (nSPS) is 29.9. The van der Waals surface area contributed by atoms with Crippen molar-refractivity contribution in [3.05, 3.63) is 34.1 Å². The van der Waals surface area contributed by atoms with Crippen molar-refractivity contribution < 1.29 is 9.18 Å². The van der Waals surface area contributed by atoms with E-state index in [-0.39, 0.29) is 11.9 Å². The molecule has 0 bridgehead atoms. The van der Waals surface area contributed by atoms with Gasteiger partial charge in [-0.15, -0.1) is 0 Å². The molecule has 1 aliphatic carbocycles. The van der Waals surface area contributed by atoms with E-state index in [2.05, 4.69) is 26.6 Å². The minimum Gasteiger partial charge on any atom is -0.349 e. The molecule has 0 radical (unpaired) electrons. The third-order valence-electron chi connectivity index (χ3n) is 3.57. The molecule has 2 N–H and O–H groups in total. The zero-order valence-electron chi connectivity index (χ0n) is 9.04. The Morgan fingerprint density at radius 2 is 2.12 bits per heavy atom. The van der Waals surface area contributed by atoms with Crippen LogP contribution in [0.4, 0.5) is 4.39 Å². The molecule has 0 aromatic heterocycles. The van der Waals surface area contributed by atoms with Crippen molar-refractivity contribution in [2.75, 3.05) is 13.1 Å².